The maximum Gasteiger partial charge on any atom is 0.271 e. The Hall–Kier alpha value is -4.00. The third kappa shape index (κ3) is 3.88. The molecule has 0 radical (unpaired) electrons. The summed E-state index contributed by atoms with van der Waals surface area (Å²) in [4.78, 5) is 29.8. The molecule has 0 saturated heterocycles. The molecule has 4 aromatic rings. The molecule has 0 aliphatic carbocycles. The summed E-state index contributed by atoms with van der Waals surface area (Å²) in [6.45, 7) is -0.0212. The van der Waals surface area contributed by atoms with Crippen LogP contribution in [0.25, 0.3) is 10.9 Å². The minimum absolute atomic E-state index is 0.0212. The van der Waals surface area contributed by atoms with E-state index in [0.29, 0.717) is 11.3 Å². The second-order valence-electron chi connectivity index (χ2n) is 6.02. The summed E-state index contributed by atoms with van der Waals surface area (Å²) in [5.74, 6) is 0.274. The Balaban J connectivity index is 1.49. The van der Waals surface area contributed by atoms with E-state index < -0.39 is 0 Å². The van der Waals surface area contributed by atoms with Gasteiger partial charge in [-0.3, -0.25) is 14.6 Å². The van der Waals surface area contributed by atoms with Crippen molar-refractivity contribution in [3.05, 3.63) is 101 Å². The van der Waals surface area contributed by atoms with Gasteiger partial charge in [-0.05, 0) is 36.4 Å². The second kappa shape index (κ2) is 7.71. The largest absolute Gasteiger partial charge is 0.487 e. The molecule has 28 heavy (non-hydrogen) atoms. The lowest BCUT2D eigenvalue weighted by molar-refractivity contribution is 0.100. The van der Waals surface area contributed by atoms with Gasteiger partial charge in [-0.15, -0.1) is 5.10 Å². The molecule has 2 heterocycles. The number of aromatic nitrogens is 3. The fourth-order valence-corrected chi connectivity index (χ4v) is 2.66. The van der Waals surface area contributed by atoms with Crippen molar-refractivity contribution in [1.82, 2.24) is 14.9 Å². The maximum absolute atomic E-state index is 12.2. The van der Waals surface area contributed by atoms with E-state index in [1.54, 1.807) is 36.5 Å². The molecular formula is C21H16N4O3. The minimum Gasteiger partial charge on any atom is -0.487 e. The van der Waals surface area contributed by atoms with Crippen LogP contribution in [0.1, 0.15) is 16.1 Å². The monoisotopic (exact) mass is 372 g/mol. The fraction of sp³-hybridized carbons (Fsp3) is 0.0476. The van der Waals surface area contributed by atoms with E-state index in [1.807, 2.05) is 30.3 Å². The number of fused-ring (bicyclic) bond motifs is 1. The van der Waals surface area contributed by atoms with Crippen molar-refractivity contribution in [2.75, 3.05) is 5.43 Å². The lowest BCUT2D eigenvalue weighted by Crippen LogP contribution is -2.28. The lowest BCUT2D eigenvalue weighted by atomic mass is 10.2. The highest BCUT2D eigenvalue weighted by molar-refractivity contribution is 5.99. The highest BCUT2D eigenvalue weighted by Gasteiger charge is 2.08. The Morgan fingerprint density at radius 1 is 1.04 bits per heavy atom. The molecule has 138 valence electrons. The molecule has 0 aliphatic heterocycles. The van der Waals surface area contributed by atoms with Crippen LogP contribution in [-0.2, 0) is 6.61 Å². The van der Waals surface area contributed by atoms with E-state index in [1.165, 1.54) is 17.1 Å². The Morgan fingerprint density at radius 3 is 2.75 bits per heavy atom. The zero-order chi connectivity index (χ0) is 19.3. The fourth-order valence-electron chi connectivity index (χ4n) is 2.66. The number of rotatable bonds is 5. The van der Waals surface area contributed by atoms with E-state index >= 15 is 0 Å². The predicted octanol–water partition coefficient (Wildman–Crippen LogP) is 2.75. The van der Waals surface area contributed by atoms with Crippen molar-refractivity contribution in [2.45, 2.75) is 6.61 Å². The van der Waals surface area contributed by atoms with E-state index in [2.05, 4.69) is 15.5 Å². The summed E-state index contributed by atoms with van der Waals surface area (Å²) in [6.07, 6.45) is 3.12. The first-order valence-electron chi connectivity index (χ1n) is 8.62. The molecule has 0 saturated carbocycles. The van der Waals surface area contributed by atoms with Gasteiger partial charge in [0, 0.05) is 23.2 Å². The first-order valence-corrected chi connectivity index (χ1v) is 8.62. The maximum atomic E-state index is 12.2. The van der Waals surface area contributed by atoms with Crippen LogP contribution in [-0.4, -0.2) is 20.8 Å². The summed E-state index contributed by atoms with van der Waals surface area (Å²) in [5.41, 5.74) is 3.88. The molecule has 0 atom stereocenters. The molecule has 1 N–H and O–H groups in total. The Kier molecular flexibility index (Phi) is 4.79. The highest BCUT2D eigenvalue weighted by atomic mass is 16.5. The predicted molar refractivity (Wildman–Crippen MR) is 105 cm³/mol. The van der Waals surface area contributed by atoms with E-state index in [0.717, 1.165) is 10.9 Å². The van der Waals surface area contributed by atoms with E-state index in [-0.39, 0.29) is 23.6 Å². The molecular weight excluding hydrogens is 356 g/mol. The van der Waals surface area contributed by atoms with Gasteiger partial charge in [0.15, 0.2) is 0 Å². The Labute approximate surface area is 160 Å². The summed E-state index contributed by atoms with van der Waals surface area (Å²) < 4.78 is 5.71. The molecule has 7 nitrogen and oxygen atoms in total. The van der Waals surface area contributed by atoms with E-state index in [4.69, 9.17) is 4.74 Å². The molecule has 0 spiro atoms. The molecule has 4 rings (SSSR count). The van der Waals surface area contributed by atoms with Crippen LogP contribution in [0, 0.1) is 0 Å². The van der Waals surface area contributed by atoms with Crippen LogP contribution < -0.4 is 15.6 Å². The van der Waals surface area contributed by atoms with Gasteiger partial charge in [0.2, 0.25) is 5.43 Å². The number of hydrogen-bond acceptors (Lipinski definition) is 5. The average molecular weight is 372 g/mol. The molecule has 2 aromatic heterocycles. The van der Waals surface area contributed by atoms with Gasteiger partial charge in [-0.25, -0.2) is 5.43 Å². The average Bonchev–Trinajstić information content (AvgIpc) is 2.74. The smallest absolute Gasteiger partial charge is 0.271 e. The van der Waals surface area contributed by atoms with Gasteiger partial charge in [0.1, 0.15) is 18.1 Å². The van der Waals surface area contributed by atoms with Gasteiger partial charge in [0.25, 0.3) is 5.91 Å². The number of pyridine rings is 1. The van der Waals surface area contributed by atoms with Crippen molar-refractivity contribution >= 4 is 16.8 Å². The zero-order valence-electron chi connectivity index (χ0n) is 14.8. The van der Waals surface area contributed by atoms with Gasteiger partial charge < -0.3 is 4.74 Å². The topological polar surface area (TPSA) is 86.1 Å². The number of benzene rings is 2. The van der Waals surface area contributed by atoms with Crippen LogP contribution >= 0.6 is 0 Å². The van der Waals surface area contributed by atoms with Crippen molar-refractivity contribution in [2.24, 2.45) is 0 Å². The molecule has 2 aromatic carbocycles. The number of nitrogens with zero attached hydrogens (tertiary/aromatic N) is 3. The van der Waals surface area contributed by atoms with Crippen LogP contribution in [0.3, 0.4) is 0 Å². The first-order chi connectivity index (χ1) is 13.7. The quantitative estimate of drug-likeness (QED) is 0.582. The van der Waals surface area contributed by atoms with Crippen molar-refractivity contribution in [3.63, 3.8) is 0 Å². The third-order valence-corrected chi connectivity index (χ3v) is 4.08. The Bertz CT molecular complexity index is 1190. The van der Waals surface area contributed by atoms with Crippen LogP contribution in [0.15, 0.2) is 83.9 Å². The number of hydrogen-bond donors (Lipinski definition) is 1. The summed E-state index contributed by atoms with van der Waals surface area (Å²) in [5, 5.41) is 5.09. The summed E-state index contributed by atoms with van der Waals surface area (Å²) in [6, 6.07) is 19.3. The molecule has 7 heteroatoms. The number of nitrogens with one attached hydrogen (secondary N) is 1. The number of amides is 1. The van der Waals surface area contributed by atoms with Gasteiger partial charge >= 0.3 is 0 Å². The van der Waals surface area contributed by atoms with Gasteiger partial charge in [0.05, 0.1) is 11.7 Å². The molecule has 0 aliphatic rings. The lowest BCUT2D eigenvalue weighted by Gasteiger charge is -2.10. The van der Waals surface area contributed by atoms with Crippen molar-refractivity contribution in [1.29, 1.82) is 0 Å². The van der Waals surface area contributed by atoms with Gasteiger partial charge in [-0.2, -0.15) is 4.79 Å². The Morgan fingerprint density at radius 2 is 1.89 bits per heavy atom. The summed E-state index contributed by atoms with van der Waals surface area (Å²) in [7, 11) is 0. The van der Waals surface area contributed by atoms with E-state index in [9.17, 15) is 9.59 Å². The number of carbonyl (C=O) groups excluding carboxylic acids is 1. The first kappa shape index (κ1) is 17.4. The highest BCUT2D eigenvalue weighted by Crippen LogP contribution is 2.19. The molecule has 0 fully saturated rings. The zero-order valence-corrected chi connectivity index (χ0v) is 14.8. The third-order valence-electron chi connectivity index (χ3n) is 4.08. The second-order valence-corrected chi connectivity index (χ2v) is 6.02. The van der Waals surface area contributed by atoms with Crippen molar-refractivity contribution < 1.29 is 9.53 Å². The minimum atomic E-state index is -0.328. The normalized spacial score (nSPS) is 10.6. The summed E-state index contributed by atoms with van der Waals surface area (Å²) >= 11 is 0. The SMILES string of the molecule is O=C(Nn1ccc(=O)c(COc2ccc3ncccc3c2)n1)c1ccccc1. The van der Waals surface area contributed by atoms with Crippen molar-refractivity contribution in [3.8, 4) is 5.75 Å². The van der Waals surface area contributed by atoms with Gasteiger partial charge in [-0.1, -0.05) is 24.3 Å². The van der Waals surface area contributed by atoms with Crippen LogP contribution in [0.2, 0.25) is 0 Å². The molecule has 0 unspecified atom stereocenters. The van der Waals surface area contributed by atoms with Crippen LogP contribution in [0.5, 0.6) is 5.75 Å². The molecule has 1 amide bonds. The molecule has 0 bridgehead atoms. The van der Waals surface area contributed by atoms with Crippen LogP contribution in [0.4, 0.5) is 0 Å². The number of carbonyl (C=O) groups is 1. The standard InChI is InChI=1S/C21H16N4O3/c26-20-10-12-25(24-21(27)15-5-2-1-3-6-15)23-19(20)14-28-17-8-9-18-16(13-17)7-4-11-22-18/h1-13H,14H2,(H,24,27). The number of ether oxygens (including phenoxy) is 1.